The molecule has 0 spiro atoms. The first-order valence-electron chi connectivity index (χ1n) is 11.4. The molecule has 5 nitrogen and oxygen atoms in total. The van der Waals surface area contributed by atoms with Gasteiger partial charge in [-0.15, -0.1) is 0 Å². The summed E-state index contributed by atoms with van der Waals surface area (Å²) in [6.45, 7) is 9.30. The van der Waals surface area contributed by atoms with Crippen LogP contribution in [0, 0.1) is 6.92 Å². The molecule has 0 unspecified atom stereocenters. The van der Waals surface area contributed by atoms with Crippen molar-refractivity contribution in [2.75, 3.05) is 43.1 Å². The third-order valence-corrected chi connectivity index (χ3v) is 6.39. The van der Waals surface area contributed by atoms with E-state index in [-0.39, 0.29) is 0 Å². The van der Waals surface area contributed by atoms with Crippen molar-refractivity contribution in [2.24, 2.45) is 0 Å². The van der Waals surface area contributed by atoms with Gasteiger partial charge in [-0.2, -0.15) is 0 Å². The highest BCUT2D eigenvalue weighted by atomic mass is 79.9. The topological polar surface area (TPSA) is 43.0 Å². The van der Waals surface area contributed by atoms with Crippen LogP contribution in [-0.2, 0) is 17.9 Å². The molecule has 0 bridgehead atoms. The monoisotopic (exact) mass is 510 g/mol. The molecule has 1 N–H and O–H groups in total. The molecule has 3 aromatic carbocycles. The molecule has 1 saturated heterocycles. The van der Waals surface area contributed by atoms with Gasteiger partial charge in [0.25, 0.3) is 0 Å². The Kier molecular flexibility index (Phi) is 8.13. The van der Waals surface area contributed by atoms with Crippen LogP contribution in [-0.4, -0.2) is 32.9 Å². The zero-order valence-corrected chi connectivity index (χ0v) is 20.9. The van der Waals surface area contributed by atoms with Crippen LogP contribution < -0.4 is 19.7 Å². The van der Waals surface area contributed by atoms with Gasteiger partial charge in [-0.1, -0.05) is 45.8 Å². The number of hydrogen-bond acceptors (Lipinski definition) is 5. The molecular formula is C27H31BrN2O3. The molecule has 0 saturated carbocycles. The summed E-state index contributed by atoms with van der Waals surface area (Å²) in [4.78, 5) is 2.35. The summed E-state index contributed by atoms with van der Waals surface area (Å²) < 4.78 is 18.4. The van der Waals surface area contributed by atoms with Gasteiger partial charge in [0.2, 0.25) is 0 Å². The number of anilines is 2. The second-order valence-corrected chi connectivity index (χ2v) is 8.95. The van der Waals surface area contributed by atoms with Crippen molar-refractivity contribution < 1.29 is 14.2 Å². The molecule has 0 amide bonds. The van der Waals surface area contributed by atoms with E-state index in [2.05, 4.69) is 81.6 Å². The Morgan fingerprint density at radius 3 is 2.33 bits per heavy atom. The van der Waals surface area contributed by atoms with E-state index in [1.54, 1.807) is 0 Å². The van der Waals surface area contributed by atoms with Crippen LogP contribution in [0.25, 0.3) is 0 Å². The third kappa shape index (κ3) is 6.42. The molecule has 1 fully saturated rings. The minimum Gasteiger partial charge on any atom is -0.490 e. The Bertz CT molecular complexity index is 1030. The second kappa shape index (κ2) is 11.4. The number of hydrogen-bond donors (Lipinski definition) is 1. The number of benzene rings is 3. The quantitative estimate of drug-likeness (QED) is 0.372. The molecule has 1 aliphatic rings. The summed E-state index contributed by atoms with van der Waals surface area (Å²) in [5.41, 5.74) is 5.79. The molecule has 0 radical (unpaired) electrons. The molecule has 4 rings (SSSR count). The van der Waals surface area contributed by atoms with Crippen LogP contribution in [0.3, 0.4) is 0 Å². The third-order valence-electron chi connectivity index (χ3n) is 5.65. The van der Waals surface area contributed by atoms with E-state index >= 15 is 0 Å². The maximum absolute atomic E-state index is 6.10. The number of halogens is 1. The maximum Gasteiger partial charge on any atom is 0.162 e. The number of morpholine rings is 1. The number of nitrogens with one attached hydrogen (secondary N) is 1. The SMILES string of the molecule is CCOc1cc(CNc2ccc(N3CCOCC3)cc2)c(Br)cc1OCc1ccc(C)cc1. The van der Waals surface area contributed by atoms with Gasteiger partial charge < -0.3 is 24.4 Å². The molecule has 33 heavy (non-hydrogen) atoms. The lowest BCUT2D eigenvalue weighted by Crippen LogP contribution is -2.36. The average Bonchev–Trinajstić information content (AvgIpc) is 2.85. The van der Waals surface area contributed by atoms with Gasteiger partial charge in [0.1, 0.15) is 6.61 Å². The first-order valence-corrected chi connectivity index (χ1v) is 12.2. The standard InChI is InChI=1S/C27H31BrN2O3/c1-3-32-26-16-22(25(28)17-27(26)33-19-21-6-4-20(2)5-7-21)18-29-23-8-10-24(11-9-23)30-12-14-31-15-13-30/h4-11,16-17,29H,3,12-15,18-19H2,1-2H3. The minimum atomic E-state index is 0.500. The molecule has 1 heterocycles. The highest BCUT2D eigenvalue weighted by Gasteiger charge is 2.13. The predicted octanol–water partition coefficient (Wildman–Crippen LogP) is 6.18. The summed E-state index contributed by atoms with van der Waals surface area (Å²) in [5, 5.41) is 3.51. The lowest BCUT2D eigenvalue weighted by molar-refractivity contribution is 0.122. The Balaban J connectivity index is 1.40. The molecule has 3 aromatic rings. The van der Waals surface area contributed by atoms with Crippen LogP contribution in [0.1, 0.15) is 23.6 Å². The van der Waals surface area contributed by atoms with E-state index in [0.29, 0.717) is 19.8 Å². The van der Waals surface area contributed by atoms with E-state index in [1.807, 2.05) is 19.1 Å². The fourth-order valence-corrected chi connectivity index (χ4v) is 4.21. The molecule has 0 atom stereocenters. The summed E-state index contributed by atoms with van der Waals surface area (Å²) in [6, 6.07) is 21.0. The molecule has 1 aliphatic heterocycles. The van der Waals surface area contributed by atoms with Crippen LogP contribution in [0.2, 0.25) is 0 Å². The zero-order valence-electron chi connectivity index (χ0n) is 19.3. The van der Waals surface area contributed by atoms with Gasteiger partial charge in [-0.3, -0.25) is 0 Å². The average molecular weight is 511 g/mol. The van der Waals surface area contributed by atoms with Crippen molar-refractivity contribution in [3.8, 4) is 11.5 Å². The van der Waals surface area contributed by atoms with E-state index in [1.165, 1.54) is 11.3 Å². The van der Waals surface area contributed by atoms with Crippen LogP contribution in [0.5, 0.6) is 11.5 Å². The normalized spacial score (nSPS) is 13.6. The van der Waals surface area contributed by atoms with Crippen molar-refractivity contribution >= 4 is 27.3 Å². The van der Waals surface area contributed by atoms with Crippen LogP contribution in [0.4, 0.5) is 11.4 Å². The molecule has 0 aliphatic carbocycles. The Hall–Kier alpha value is -2.70. The van der Waals surface area contributed by atoms with E-state index in [4.69, 9.17) is 14.2 Å². The summed E-state index contributed by atoms with van der Waals surface area (Å²) in [5.74, 6) is 1.50. The molecule has 0 aromatic heterocycles. The Labute approximate surface area is 204 Å². The second-order valence-electron chi connectivity index (χ2n) is 8.10. The van der Waals surface area contributed by atoms with Crippen LogP contribution in [0.15, 0.2) is 65.1 Å². The fraction of sp³-hybridized carbons (Fsp3) is 0.333. The molecule has 174 valence electrons. The van der Waals surface area contributed by atoms with Crippen LogP contribution >= 0.6 is 15.9 Å². The maximum atomic E-state index is 6.10. The van der Waals surface area contributed by atoms with Crippen molar-refractivity contribution in [1.29, 1.82) is 0 Å². The van der Waals surface area contributed by atoms with E-state index < -0.39 is 0 Å². The summed E-state index contributed by atoms with van der Waals surface area (Å²) in [6.07, 6.45) is 0. The highest BCUT2D eigenvalue weighted by Crippen LogP contribution is 2.35. The van der Waals surface area contributed by atoms with Crippen molar-refractivity contribution in [3.63, 3.8) is 0 Å². The van der Waals surface area contributed by atoms with E-state index in [9.17, 15) is 0 Å². The number of rotatable bonds is 9. The van der Waals surface area contributed by atoms with Gasteiger partial charge in [-0.25, -0.2) is 0 Å². The van der Waals surface area contributed by atoms with Gasteiger partial charge >= 0.3 is 0 Å². The minimum absolute atomic E-state index is 0.500. The fourth-order valence-electron chi connectivity index (χ4n) is 3.75. The number of nitrogens with zero attached hydrogens (tertiary/aromatic N) is 1. The number of aryl methyl sites for hydroxylation is 1. The van der Waals surface area contributed by atoms with Gasteiger partial charge in [-0.05, 0) is 61.4 Å². The van der Waals surface area contributed by atoms with Crippen molar-refractivity contribution in [3.05, 3.63) is 81.8 Å². The zero-order chi connectivity index (χ0) is 23.0. The summed E-state index contributed by atoms with van der Waals surface area (Å²) in [7, 11) is 0. The van der Waals surface area contributed by atoms with Gasteiger partial charge in [0.15, 0.2) is 11.5 Å². The summed E-state index contributed by atoms with van der Waals surface area (Å²) >= 11 is 3.71. The van der Waals surface area contributed by atoms with Crippen molar-refractivity contribution in [1.82, 2.24) is 0 Å². The number of ether oxygens (including phenoxy) is 3. The largest absolute Gasteiger partial charge is 0.490 e. The molecule has 6 heteroatoms. The first-order chi connectivity index (χ1) is 16.1. The first kappa shape index (κ1) is 23.5. The van der Waals surface area contributed by atoms with Crippen molar-refractivity contribution in [2.45, 2.75) is 27.0 Å². The molecular weight excluding hydrogens is 480 g/mol. The van der Waals surface area contributed by atoms with Gasteiger partial charge in [0.05, 0.1) is 19.8 Å². The van der Waals surface area contributed by atoms with Gasteiger partial charge in [0, 0.05) is 35.5 Å². The predicted molar refractivity (Wildman–Crippen MR) is 138 cm³/mol. The lowest BCUT2D eigenvalue weighted by atomic mass is 10.1. The Morgan fingerprint density at radius 1 is 0.939 bits per heavy atom. The smallest absolute Gasteiger partial charge is 0.162 e. The van der Waals surface area contributed by atoms with E-state index in [0.717, 1.165) is 59.1 Å². The lowest BCUT2D eigenvalue weighted by Gasteiger charge is -2.29. The highest BCUT2D eigenvalue weighted by molar-refractivity contribution is 9.10. The Morgan fingerprint density at radius 2 is 1.64 bits per heavy atom.